The third-order valence-electron chi connectivity index (χ3n) is 2.73. The quantitative estimate of drug-likeness (QED) is 0.904. The van der Waals surface area contributed by atoms with Crippen LogP contribution in [0.2, 0.25) is 0 Å². The first kappa shape index (κ1) is 16.6. The number of thiazole rings is 1. The van der Waals surface area contributed by atoms with Crippen molar-refractivity contribution >= 4 is 29.7 Å². The zero-order valence-corrected chi connectivity index (χ0v) is 13.0. The highest BCUT2D eigenvalue weighted by molar-refractivity contribution is 7.11. The van der Waals surface area contributed by atoms with E-state index in [1.165, 1.54) is 0 Å². The molecule has 7 heteroatoms. The van der Waals surface area contributed by atoms with Crippen LogP contribution in [0.1, 0.15) is 31.5 Å². The number of carbonyl (C=O) groups is 1. The largest absolute Gasteiger partial charge is 0.347 e. The van der Waals surface area contributed by atoms with E-state index in [-0.39, 0.29) is 18.3 Å². The Kier molecular flexibility index (Phi) is 6.06. The van der Waals surface area contributed by atoms with E-state index in [1.54, 1.807) is 23.7 Å². The summed E-state index contributed by atoms with van der Waals surface area (Å²) < 4.78 is 0. The van der Waals surface area contributed by atoms with Crippen molar-refractivity contribution in [3.8, 4) is 0 Å². The Bertz CT molecular complexity index is 600. The van der Waals surface area contributed by atoms with Gasteiger partial charge in [0.25, 0.3) is 5.91 Å². The molecule has 0 spiro atoms. The van der Waals surface area contributed by atoms with Crippen LogP contribution in [-0.2, 0) is 13.1 Å². The third kappa shape index (κ3) is 4.00. The number of rotatable bonds is 4. The molecule has 5 nitrogen and oxygen atoms in total. The number of carbonyl (C=O) groups excluding carboxylic acids is 1. The summed E-state index contributed by atoms with van der Waals surface area (Å²) in [6, 6.07) is 1.81. The van der Waals surface area contributed by atoms with Gasteiger partial charge in [-0.05, 0) is 25.5 Å². The number of aromatic nitrogens is 2. The van der Waals surface area contributed by atoms with E-state index in [0.29, 0.717) is 18.7 Å². The minimum atomic E-state index is -0.134. The summed E-state index contributed by atoms with van der Waals surface area (Å²) in [5.41, 5.74) is 7.85. The van der Waals surface area contributed by atoms with Crippen molar-refractivity contribution < 1.29 is 4.79 Å². The van der Waals surface area contributed by atoms with Crippen molar-refractivity contribution in [2.45, 2.75) is 26.9 Å². The second-order valence-corrected chi connectivity index (χ2v) is 5.54. The molecule has 0 atom stereocenters. The van der Waals surface area contributed by atoms with Crippen LogP contribution < -0.4 is 11.1 Å². The van der Waals surface area contributed by atoms with E-state index < -0.39 is 0 Å². The highest BCUT2D eigenvalue weighted by atomic mass is 35.5. The molecular weight excluding hydrogens is 296 g/mol. The van der Waals surface area contributed by atoms with Crippen LogP contribution in [0.4, 0.5) is 0 Å². The summed E-state index contributed by atoms with van der Waals surface area (Å²) in [7, 11) is 0. The fourth-order valence-electron chi connectivity index (χ4n) is 1.70. The van der Waals surface area contributed by atoms with Crippen molar-refractivity contribution in [1.82, 2.24) is 15.3 Å². The molecule has 1 amide bonds. The van der Waals surface area contributed by atoms with Crippen LogP contribution in [0.25, 0.3) is 0 Å². The summed E-state index contributed by atoms with van der Waals surface area (Å²) in [6.45, 7) is 4.71. The number of hydrogen-bond donors (Lipinski definition) is 2. The molecule has 0 aliphatic heterocycles. The van der Waals surface area contributed by atoms with Crippen LogP contribution in [-0.4, -0.2) is 15.9 Å². The van der Waals surface area contributed by atoms with Crippen molar-refractivity contribution in [3.05, 3.63) is 45.2 Å². The van der Waals surface area contributed by atoms with Crippen molar-refractivity contribution in [1.29, 1.82) is 0 Å². The van der Waals surface area contributed by atoms with Gasteiger partial charge in [-0.3, -0.25) is 9.78 Å². The number of pyridine rings is 1. The summed E-state index contributed by atoms with van der Waals surface area (Å²) in [4.78, 5) is 21.3. The van der Waals surface area contributed by atoms with E-state index in [0.717, 1.165) is 21.1 Å². The molecule has 0 aromatic carbocycles. The van der Waals surface area contributed by atoms with Crippen molar-refractivity contribution in [2.24, 2.45) is 5.73 Å². The number of hydrogen-bond acceptors (Lipinski definition) is 5. The fraction of sp³-hybridized carbons (Fsp3) is 0.308. The minimum absolute atomic E-state index is 0. The van der Waals surface area contributed by atoms with E-state index in [1.807, 2.05) is 19.9 Å². The van der Waals surface area contributed by atoms with Crippen LogP contribution in [0.15, 0.2) is 18.5 Å². The second-order valence-electron chi connectivity index (χ2n) is 4.22. The molecule has 0 aliphatic carbocycles. The second kappa shape index (κ2) is 7.33. The van der Waals surface area contributed by atoms with Gasteiger partial charge in [-0.2, -0.15) is 0 Å². The molecule has 2 aromatic rings. The smallest absolute Gasteiger partial charge is 0.253 e. The molecule has 0 aliphatic rings. The maximum Gasteiger partial charge on any atom is 0.253 e. The Morgan fingerprint density at radius 3 is 2.65 bits per heavy atom. The Morgan fingerprint density at radius 2 is 2.10 bits per heavy atom. The van der Waals surface area contributed by atoms with E-state index in [2.05, 4.69) is 15.3 Å². The van der Waals surface area contributed by atoms with Gasteiger partial charge in [-0.15, -0.1) is 23.7 Å². The lowest BCUT2D eigenvalue weighted by Crippen LogP contribution is -2.23. The predicted octanol–water partition coefficient (Wildman–Crippen LogP) is 1.97. The number of amides is 1. The zero-order chi connectivity index (χ0) is 13.8. The van der Waals surface area contributed by atoms with E-state index in [4.69, 9.17) is 5.73 Å². The molecule has 2 heterocycles. The van der Waals surface area contributed by atoms with Gasteiger partial charge in [0.2, 0.25) is 0 Å². The first-order valence-corrected chi connectivity index (χ1v) is 6.77. The molecule has 2 rings (SSSR count). The van der Waals surface area contributed by atoms with Gasteiger partial charge in [0, 0.05) is 23.8 Å². The number of halogens is 1. The first-order valence-electron chi connectivity index (χ1n) is 5.95. The summed E-state index contributed by atoms with van der Waals surface area (Å²) >= 11 is 1.58. The Morgan fingerprint density at radius 1 is 1.35 bits per heavy atom. The monoisotopic (exact) mass is 312 g/mol. The zero-order valence-electron chi connectivity index (χ0n) is 11.3. The average molecular weight is 313 g/mol. The van der Waals surface area contributed by atoms with Gasteiger partial charge in [-0.25, -0.2) is 4.98 Å². The molecule has 0 bridgehead atoms. The number of nitrogens with one attached hydrogen (secondary N) is 1. The SMILES string of the molecule is Cc1ncc(CNC(=O)c2cnc(CN)c(C)c2)s1.Cl. The minimum Gasteiger partial charge on any atom is -0.347 e. The Labute approximate surface area is 128 Å². The third-order valence-corrected chi connectivity index (χ3v) is 3.65. The molecule has 3 N–H and O–H groups in total. The standard InChI is InChI=1S/C13H16N4OS.ClH/c1-8-3-10(5-16-12(8)4-14)13(18)17-7-11-6-15-9(2)19-11;/h3,5-6H,4,7,14H2,1-2H3,(H,17,18);1H. The van der Waals surface area contributed by atoms with Crippen LogP contribution in [0.5, 0.6) is 0 Å². The van der Waals surface area contributed by atoms with Gasteiger partial charge in [0.05, 0.1) is 22.8 Å². The molecule has 0 radical (unpaired) electrons. The molecule has 0 saturated carbocycles. The van der Waals surface area contributed by atoms with Gasteiger partial charge in [0.1, 0.15) is 0 Å². The van der Waals surface area contributed by atoms with Crippen molar-refractivity contribution in [2.75, 3.05) is 0 Å². The molecule has 20 heavy (non-hydrogen) atoms. The molecule has 0 fully saturated rings. The highest BCUT2D eigenvalue weighted by Crippen LogP contribution is 2.11. The topological polar surface area (TPSA) is 80.9 Å². The lowest BCUT2D eigenvalue weighted by molar-refractivity contribution is 0.0951. The normalized spacial score (nSPS) is 9.95. The molecule has 2 aromatic heterocycles. The maximum atomic E-state index is 12.0. The van der Waals surface area contributed by atoms with Crippen LogP contribution in [0.3, 0.4) is 0 Å². The van der Waals surface area contributed by atoms with Gasteiger partial charge in [0.15, 0.2) is 0 Å². The average Bonchev–Trinajstić information content (AvgIpc) is 2.81. The number of nitrogens with two attached hydrogens (primary N) is 1. The van der Waals surface area contributed by atoms with Crippen molar-refractivity contribution in [3.63, 3.8) is 0 Å². The highest BCUT2D eigenvalue weighted by Gasteiger charge is 2.08. The predicted molar refractivity (Wildman–Crippen MR) is 82.1 cm³/mol. The number of nitrogens with zero attached hydrogens (tertiary/aromatic N) is 2. The number of aryl methyl sites for hydroxylation is 2. The van der Waals surface area contributed by atoms with Crippen LogP contribution in [0, 0.1) is 13.8 Å². The summed E-state index contributed by atoms with van der Waals surface area (Å²) in [5, 5.41) is 3.85. The maximum absolute atomic E-state index is 12.0. The summed E-state index contributed by atoms with van der Waals surface area (Å²) in [5.74, 6) is -0.134. The van der Waals surface area contributed by atoms with Gasteiger partial charge < -0.3 is 11.1 Å². The van der Waals surface area contributed by atoms with E-state index in [9.17, 15) is 4.79 Å². The first-order chi connectivity index (χ1) is 9.10. The molecular formula is C13H17ClN4OS. The fourth-order valence-corrected chi connectivity index (χ4v) is 2.43. The lowest BCUT2D eigenvalue weighted by Gasteiger charge is -2.06. The van der Waals surface area contributed by atoms with E-state index >= 15 is 0 Å². The molecule has 108 valence electrons. The Hall–Kier alpha value is -1.50. The molecule has 0 unspecified atom stereocenters. The van der Waals surface area contributed by atoms with Crippen LogP contribution >= 0.6 is 23.7 Å². The summed E-state index contributed by atoms with van der Waals surface area (Å²) in [6.07, 6.45) is 3.34. The lowest BCUT2D eigenvalue weighted by atomic mass is 10.1. The van der Waals surface area contributed by atoms with Gasteiger partial charge in [-0.1, -0.05) is 0 Å². The Balaban J connectivity index is 0.00000200. The van der Waals surface area contributed by atoms with Gasteiger partial charge >= 0.3 is 0 Å². The molecule has 0 saturated heterocycles.